The standard InChI is InChI=1S/C20H31BrN2O2/c1-15-8-12-23(13-9-15)11-5-4-10-22-20(24)17(3)25-19-7-6-16(2)14-18(19)21/h6-7,14-15,17H,4-5,8-13H2,1-3H3,(H,22,24). The van der Waals surface area contributed by atoms with Crippen molar-refractivity contribution in [3.05, 3.63) is 28.2 Å². The molecule has 1 N–H and O–H groups in total. The number of ether oxygens (including phenoxy) is 1. The first-order valence-corrected chi connectivity index (χ1v) is 10.2. The molecule has 1 aromatic rings. The maximum atomic E-state index is 12.2. The van der Waals surface area contributed by atoms with Crippen LogP contribution in [0.5, 0.6) is 5.75 Å². The minimum Gasteiger partial charge on any atom is -0.480 e. The molecule has 1 aromatic carbocycles. The number of nitrogens with zero attached hydrogens (tertiary/aromatic N) is 1. The van der Waals surface area contributed by atoms with Crippen molar-refractivity contribution >= 4 is 21.8 Å². The van der Waals surface area contributed by atoms with Crippen molar-refractivity contribution in [1.82, 2.24) is 10.2 Å². The van der Waals surface area contributed by atoms with Gasteiger partial charge in [-0.3, -0.25) is 4.79 Å². The predicted octanol–water partition coefficient (Wildman–Crippen LogP) is 4.15. The molecule has 0 bridgehead atoms. The van der Waals surface area contributed by atoms with Crippen molar-refractivity contribution in [3.8, 4) is 5.75 Å². The molecule has 5 heteroatoms. The minimum atomic E-state index is -0.498. The molecular weight excluding hydrogens is 380 g/mol. The van der Waals surface area contributed by atoms with Crippen molar-refractivity contribution in [1.29, 1.82) is 0 Å². The third kappa shape index (κ3) is 6.98. The van der Waals surface area contributed by atoms with Gasteiger partial charge in [-0.05, 0) is 98.7 Å². The number of carbonyl (C=O) groups excluding carboxylic acids is 1. The van der Waals surface area contributed by atoms with E-state index in [2.05, 4.69) is 33.1 Å². The molecule has 1 fully saturated rings. The first-order valence-electron chi connectivity index (χ1n) is 9.38. The van der Waals surface area contributed by atoms with Gasteiger partial charge in [-0.2, -0.15) is 0 Å². The summed E-state index contributed by atoms with van der Waals surface area (Å²) >= 11 is 3.48. The van der Waals surface area contributed by atoms with Gasteiger partial charge in [0.2, 0.25) is 0 Å². The first-order chi connectivity index (χ1) is 12.0. The van der Waals surface area contributed by atoms with Crippen LogP contribution in [0.1, 0.15) is 45.1 Å². The van der Waals surface area contributed by atoms with Gasteiger partial charge >= 0.3 is 0 Å². The number of hydrogen-bond donors (Lipinski definition) is 1. The van der Waals surface area contributed by atoms with Gasteiger partial charge in [-0.1, -0.05) is 13.0 Å². The number of nitrogens with one attached hydrogen (secondary N) is 1. The van der Waals surface area contributed by atoms with E-state index < -0.39 is 6.10 Å². The molecule has 4 nitrogen and oxygen atoms in total. The van der Waals surface area contributed by atoms with Crippen molar-refractivity contribution in [2.24, 2.45) is 5.92 Å². The smallest absolute Gasteiger partial charge is 0.260 e. The number of aryl methyl sites for hydroxylation is 1. The Balaban J connectivity index is 1.61. The van der Waals surface area contributed by atoms with Crippen molar-refractivity contribution in [2.75, 3.05) is 26.2 Å². The zero-order valence-electron chi connectivity index (χ0n) is 15.7. The summed E-state index contributed by atoms with van der Waals surface area (Å²) in [6.45, 7) is 10.5. The summed E-state index contributed by atoms with van der Waals surface area (Å²) in [5.74, 6) is 1.53. The van der Waals surface area contributed by atoms with Crippen LogP contribution in [0.25, 0.3) is 0 Å². The van der Waals surface area contributed by atoms with E-state index in [9.17, 15) is 4.79 Å². The van der Waals surface area contributed by atoms with Gasteiger partial charge < -0.3 is 15.0 Å². The summed E-state index contributed by atoms with van der Waals surface area (Å²) in [5.41, 5.74) is 1.15. The first kappa shape index (κ1) is 20.2. The van der Waals surface area contributed by atoms with Gasteiger partial charge in [0.25, 0.3) is 5.91 Å². The fourth-order valence-electron chi connectivity index (χ4n) is 3.05. The third-order valence-electron chi connectivity index (χ3n) is 4.84. The van der Waals surface area contributed by atoms with Crippen LogP contribution in [0.2, 0.25) is 0 Å². The number of rotatable bonds is 8. The monoisotopic (exact) mass is 410 g/mol. The van der Waals surface area contributed by atoms with Gasteiger partial charge in [-0.15, -0.1) is 0 Å². The normalized spacial score (nSPS) is 17.3. The average Bonchev–Trinajstić information content (AvgIpc) is 2.58. The van der Waals surface area contributed by atoms with Crippen LogP contribution >= 0.6 is 15.9 Å². The highest BCUT2D eigenvalue weighted by Gasteiger charge is 2.16. The van der Waals surface area contributed by atoms with E-state index in [1.807, 2.05) is 25.1 Å². The van der Waals surface area contributed by atoms with E-state index in [0.717, 1.165) is 35.3 Å². The van der Waals surface area contributed by atoms with Crippen molar-refractivity contribution in [2.45, 2.75) is 52.6 Å². The Morgan fingerprint density at radius 3 is 2.76 bits per heavy atom. The Morgan fingerprint density at radius 1 is 1.36 bits per heavy atom. The van der Waals surface area contributed by atoms with Gasteiger partial charge in [0.05, 0.1) is 4.47 Å². The molecule has 1 aliphatic heterocycles. The van der Waals surface area contributed by atoms with E-state index in [4.69, 9.17) is 4.74 Å². The number of piperidine rings is 1. The van der Waals surface area contributed by atoms with E-state index in [-0.39, 0.29) is 5.91 Å². The Kier molecular flexibility index (Phi) is 8.24. The lowest BCUT2D eigenvalue weighted by atomic mass is 9.99. The highest BCUT2D eigenvalue weighted by Crippen LogP contribution is 2.26. The van der Waals surface area contributed by atoms with Crippen LogP contribution in [-0.2, 0) is 4.79 Å². The Bertz CT molecular complexity index is 557. The quantitative estimate of drug-likeness (QED) is 0.654. The van der Waals surface area contributed by atoms with Crippen LogP contribution in [0.4, 0.5) is 0 Å². The molecule has 25 heavy (non-hydrogen) atoms. The topological polar surface area (TPSA) is 41.6 Å². The van der Waals surface area contributed by atoms with Crippen LogP contribution in [0.3, 0.4) is 0 Å². The fourth-order valence-corrected chi connectivity index (χ4v) is 3.63. The van der Waals surface area contributed by atoms with Crippen LogP contribution in [-0.4, -0.2) is 43.1 Å². The molecule has 140 valence electrons. The largest absolute Gasteiger partial charge is 0.480 e. The van der Waals surface area contributed by atoms with E-state index in [0.29, 0.717) is 12.3 Å². The fraction of sp³-hybridized carbons (Fsp3) is 0.650. The molecule has 2 rings (SSSR count). The molecule has 1 saturated heterocycles. The lowest BCUT2D eigenvalue weighted by molar-refractivity contribution is -0.127. The summed E-state index contributed by atoms with van der Waals surface area (Å²) in [6.07, 6.45) is 4.29. The lowest BCUT2D eigenvalue weighted by Crippen LogP contribution is -2.37. The summed E-state index contributed by atoms with van der Waals surface area (Å²) in [4.78, 5) is 14.7. The van der Waals surface area contributed by atoms with Gasteiger partial charge in [0.1, 0.15) is 5.75 Å². The molecule has 0 aromatic heterocycles. The highest BCUT2D eigenvalue weighted by atomic mass is 79.9. The molecule has 1 unspecified atom stereocenters. The van der Waals surface area contributed by atoms with Gasteiger partial charge in [0.15, 0.2) is 6.10 Å². The Hall–Kier alpha value is -1.07. The Morgan fingerprint density at radius 2 is 2.08 bits per heavy atom. The maximum Gasteiger partial charge on any atom is 0.260 e. The molecule has 1 heterocycles. The summed E-state index contributed by atoms with van der Waals surface area (Å²) < 4.78 is 6.63. The molecule has 1 amide bonds. The van der Waals surface area contributed by atoms with Gasteiger partial charge in [0, 0.05) is 6.54 Å². The number of halogens is 1. The average molecular weight is 411 g/mol. The molecule has 0 radical (unpaired) electrons. The van der Waals surface area contributed by atoms with E-state index >= 15 is 0 Å². The summed E-state index contributed by atoms with van der Waals surface area (Å²) in [7, 11) is 0. The zero-order chi connectivity index (χ0) is 18.2. The third-order valence-corrected chi connectivity index (χ3v) is 5.46. The predicted molar refractivity (Wildman–Crippen MR) is 106 cm³/mol. The second-order valence-electron chi connectivity index (χ2n) is 7.22. The second kappa shape index (κ2) is 10.2. The molecule has 0 spiro atoms. The molecular formula is C20H31BrN2O2. The zero-order valence-corrected chi connectivity index (χ0v) is 17.3. The number of hydrogen-bond acceptors (Lipinski definition) is 3. The molecule has 0 saturated carbocycles. The van der Waals surface area contributed by atoms with Crippen LogP contribution < -0.4 is 10.1 Å². The molecule has 1 aliphatic rings. The van der Waals surface area contributed by atoms with Gasteiger partial charge in [-0.25, -0.2) is 0 Å². The maximum absolute atomic E-state index is 12.2. The number of benzene rings is 1. The molecule has 0 aliphatic carbocycles. The number of amides is 1. The molecule has 1 atom stereocenters. The number of unbranched alkanes of at least 4 members (excludes halogenated alkanes) is 1. The number of likely N-dealkylation sites (tertiary alicyclic amines) is 1. The van der Waals surface area contributed by atoms with Crippen LogP contribution in [0.15, 0.2) is 22.7 Å². The summed E-state index contributed by atoms with van der Waals surface area (Å²) in [5, 5.41) is 2.98. The lowest BCUT2D eigenvalue weighted by Gasteiger charge is -2.30. The summed E-state index contributed by atoms with van der Waals surface area (Å²) in [6, 6.07) is 5.86. The van der Waals surface area contributed by atoms with Crippen molar-refractivity contribution in [3.63, 3.8) is 0 Å². The SMILES string of the molecule is Cc1ccc(OC(C)C(=O)NCCCCN2CCC(C)CC2)c(Br)c1. The van der Waals surface area contributed by atoms with E-state index in [1.54, 1.807) is 6.92 Å². The van der Waals surface area contributed by atoms with E-state index in [1.165, 1.54) is 25.9 Å². The second-order valence-corrected chi connectivity index (χ2v) is 8.07. The van der Waals surface area contributed by atoms with Crippen LogP contribution in [0, 0.1) is 12.8 Å². The van der Waals surface area contributed by atoms with Crippen molar-refractivity contribution < 1.29 is 9.53 Å². The number of carbonyl (C=O) groups is 1. The Labute approximate surface area is 160 Å². The minimum absolute atomic E-state index is 0.0562. The highest BCUT2D eigenvalue weighted by molar-refractivity contribution is 9.10.